The summed E-state index contributed by atoms with van der Waals surface area (Å²) < 4.78 is 2.52. The summed E-state index contributed by atoms with van der Waals surface area (Å²) in [5.74, 6) is 0. The van der Waals surface area contributed by atoms with Crippen LogP contribution in [0.2, 0.25) is 0 Å². The van der Waals surface area contributed by atoms with Gasteiger partial charge in [0.15, 0.2) is 10.2 Å². The predicted octanol–water partition coefficient (Wildman–Crippen LogP) is -0.858. The molecule has 3 fully saturated rings. The predicted molar refractivity (Wildman–Crippen MR) is 101 cm³/mol. The highest BCUT2D eigenvalue weighted by atomic mass is 32.1. The second-order valence-electron chi connectivity index (χ2n) is 7.48. The molecule has 130 valence electrons. The van der Waals surface area contributed by atoms with Crippen molar-refractivity contribution >= 4 is 34.7 Å². The lowest BCUT2D eigenvalue weighted by Gasteiger charge is -2.46. The van der Waals surface area contributed by atoms with Gasteiger partial charge in [-0.3, -0.25) is 0 Å². The summed E-state index contributed by atoms with van der Waals surface area (Å²) in [6.45, 7) is 14.0. The molecule has 0 aliphatic carbocycles. The van der Waals surface area contributed by atoms with E-state index in [-0.39, 0.29) is 0 Å². The zero-order chi connectivity index (χ0) is 16.5. The summed E-state index contributed by atoms with van der Waals surface area (Å²) in [7, 11) is 0. The minimum absolute atomic E-state index is 0.565. The molecule has 0 aromatic heterocycles. The van der Waals surface area contributed by atoms with Crippen molar-refractivity contribution in [3.05, 3.63) is 0 Å². The van der Waals surface area contributed by atoms with Crippen LogP contribution in [-0.4, -0.2) is 108 Å². The molecule has 0 aromatic carbocycles. The van der Waals surface area contributed by atoms with Crippen LogP contribution in [0.4, 0.5) is 0 Å². The number of piperazine rings is 2. The van der Waals surface area contributed by atoms with Crippen molar-refractivity contribution in [2.24, 2.45) is 11.5 Å². The molecule has 23 heavy (non-hydrogen) atoms. The largest absolute Gasteiger partial charge is 0.376 e. The summed E-state index contributed by atoms with van der Waals surface area (Å²) in [5, 5.41) is 1.13. The third-order valence-corrected chi connectivity index (χ3v) is 6.83. The first kappa shape index (κ1) is 17.1. The molecule has 8 heteroatoms. The van der Waals surface area contributed by atoms with Gasteiger partial charge in [0.25, 0.3) is 0 Å². The molecule has 0 atom stereocenters. The van der Waals surface area contributed by atoms with Crippen molar-refractivity contribution in [3.8, 4) is 0 Å². The number of hydrogen-bond donors (Lipinski definition) is 2. The topological polar surface area (TPSA) is 58.5 Å². The Labute approximate surface area is 150 Å². The quantitative estimate of drug-likeness (QED) is 0.434. The van der Waals surface area contributed by atoms with E-state index in [1.807, 2.05) is 0 Å². The molecule has 0 aromatic rings. The van der Waals surface area contributed by atoms with Gasteiger partial charge in [-0.05, 0) is 24.4 Å². The van der Waals surface area contributed by atoms with Crippen molar-refractivity contribution in [2.75, 3.05) is 78.5 Å². The molecule has 4 N–H and O–H groups in total. The molecule has 2 spiro atoms. The molecular formula is C15H30N6S2+2. The lowest BCUT2D eigenvalue weighted by Crippen LogP contribution is -2.65. The molecule has 0 bridgehead atoms. The van der Waals surface area contributed by atoms with Crippen LogP contribution in [0.3, 0.4) is 0 Å². The number of nitrogens with two attached hydrogens (primary N) is 2. The first-order valence-electron chi connectivity index (χ1n) is 8.73. The first-order valence-corrected chi connectivity index (χ1v) is 9.54. The number of quaternary nitrogens is 2. The van der Waals surface area contributed by atoms with Gasteiger partial charge in [0.2, 0.25) is 0 Å². The molecule has 3 aliphatic rings. The number of nitrogens with zero attached hydrogens (tertiary/aromatic N) is 4. The molecule has 3 saturated heterocycles. The summed E-state index contributed by atoms with van der Waals surface area (Å²) in [6.07, 6.45) is 1.32. The Morgan fingerprint density at radius 3 is 1.26 bits per heavy atom. The maximum Gasteiger partial charge on any atom is 0.166 e. The van der Waals surface area contributed by atoms with Gasteiger partial charge in [-0.25, -0.2) is 0 Å². The van der Waals surface area contributed by atoms with E-state index in [9.17, 15) is 0 Å². The highest BCUT2D eigenvalue weighted by molar-refractivity contribution is 7.80. The standard InChI is InChI=1S/C15H28N6S2/c16-14(22)18-2-8-20(9-3-18)6-1-7-21(13-12-20)10-4-19(5-11-21)15(17)23/h1-13H2,(H2-2,16,17,22,23)/p+2. The van der Waals surface area contributed by atoms with Crippen molar-refractivity contribution in [2.45, 2.75) is 6.42 Å². The van der Waals surface area contributed by atoms with Crippen LogP contribution >= 0.6 is 24.4 Å². The summed E-state index contributed by atoms with van der Waals surface area (Å²) in [6, 6.07) is 0. The molecule has 0 unspecified atom stereocenters. The Balaban J connectivity index is 1.58. The monoisotopic (exact) mass is 358 g/mol. The van der Waals surface area contributed by atoms with Gasteiger partial charge in [0, 0.05) is 6.42 Å². The van der Waals surface area contributed by atoms with Gasteiger partial charge in [0.05, 0.1) is 65.4 Å². The molecular weight excluding hydrogens is 328 g/mol. The minimum Gasteiger partial charge on any atom is -0.376 e. The third kappa shape index (κ3) is 3.70. The third-order valence-electron chi connectivity index (χ3n) is 6.31. The van der Waals surface area contributed by atoms with Crippen LogP contribution in [0.25, 0.3) is 0 Å². The van der Waals surface area contributed by atoms with Crippen LogP contribution in [0.1, 0.15) is 6.42 Å². The van der Waals surface area contributed by atoms with Gasteiger partial charge in [0.1, 0.15) is 13.1 Å². The highest BCUT2D eigenvalue weighted by Crippen LogP contribution is 2.23. The van der Waals surface area contributed by atoms with Crippen LogP contribution in [0, 0.1) is 0 Å². The van der Waals surface area contributed by atoms with Crippen LogP contribution < -0.4 is 11.5 Å². The SMILES string of the molecule is NC(=S)N1CC[N+]2(CCC[N+]3(CCN(C(N)=S)CC3)CC2)CC1. The average Bonchev–Trinajstić information content (AvgIpc) is 2.69. The van der Waals surface area contributed by atoms with Gasteiger partial charge >= 0.3 is 0 Å². The molecule has 3 heterocycles. The average molecular weight is 359 g/mol. The van der Waals surface area contributed by atoms with Gasteiger partial charge in [-0.2, -0.15) is 0 Å². The fourth-order valence-electron chi connectivity index (χ4n) is 4.50. The Morgan fingerprint density at radius 2 is 0.957 bits per heavy atom. The zero-order valence-electron chi connectivity index (χ0n) is 14.0. The summed E-state index contributed by atoms with van der Waals surface area (Å²) >= 11 is 10.3. The fourth-order valence-corrected chi connectivity index (χ4v) is 4.87. The Kier molecular flexibility index (Phi) is 4.96. The van der Waals surface area contributed by atoms with E-state index >= 15 is 0 Å². The molecule has 3 aliphatic heterocycles. The summed E-state index contributed by atoms with van der Waals surface area (Å²) in [5.41, 5.74) is 11.6. The normalized spacial score (nSPS) is 27.0. The van der Waals surface area contributed by atoms with E-state index in [4.69, 9.17) is 35.9 Å². The lowest BCUT2D eigenvalue weighted by molar-refractivity contribution is -0.966. The van der Waals surface area contributed by atoms with E-state index in [1.54, 1.807) is 0 Å². The fraction of sp³-hybridized carbons (Fsp3) is 0.867. The number of thiocarbonyl (C=S) groups is 2. The van der Waals surface area contributed by atoms with E-state index < -0.39 is 0 Å². The van der Waals surface area contributed by atoms with Gasteiger partial charge < -0.3 is 30.2 Å². The van der Waals surface area contributed by atoms with Crippen LogP contribution in [0.5, 0.6) is 0 Å². The molecule has 0 radical (unpaired) electrons. The van der Waals surface area contributed by atoms with Crippen LogP contribution in [-0.2, 0) is 0 Å². The van der Waals surface area contributed by atoms with Crippen molar-refractivity contribution in [3.63, 3.8) is 0 Å². The lowest BCUT2D eigenvalue weighted by atomic mass is 10.2. The van der Waals surface area contributed by atoms with Crippen molar-refractivity contribution in [1.82, 2.24) is 9.80 Å². The first-order chi connectivity index (χ1) is 10.9. The number of rotatable bonds is 0. The Hall–Kier alpha value is -0.700. The van der Waals surface area contributed by atoms with E-state index in [1.165, 1.54) is 67.7 Å². The van der Waals surface area contributed by atoms with E-state index in [0.29, 0.717) is 10.2 Å². The highest BCUT2D eigenvalue weighted by Gasteiger charge is 2.42. The van der Waals surface area contributed by atoms with E-state index in [2.05, 4.69) is 9.80 Å². The number of hydrogen-bond acceptors (Lipinski definition) is 2. The Bertz CT molecular complexity index is 425. The maximum absolute atomic E-state index is 5.79. The molecule has 6 nitrogen and oxygen atoms in total. The molecule has 3 rings (SSSR count). The Morgan fingerprint density at radius 1 is 0.609 bits per heavy atom. The zero-order valence-corrected chi connectivity index (χ0v) is 15.6. The van der Waals surface area contributed by atoms with E-state index in [0.717, 1.165) is 26.2 Å². The molecule has 0 saturated carbocycles. The summed E-state index contributed by atoms with van der Waals surface area (Å²) in [4.78, 5) is 4.32. The maximum atomic E-state index is 5.79. The second-order valence-corrected chi connectivity index (χ2v) is 8.31. The van der Waals surface area contributed by atoms with Gasteiger partial charge in [-0.15, -0.1) is 0 Å². The minimum atomic E-state index is 0.565. The second kappa shape index (κ2) is 6.66. The molecule has 0 amide bonds. The van der Waals surface area contributed by atoms with Gasteiger partial charge in [-0.1, -0.05) is 0 Å². The van der Waals surface area contributed by atoms with Crippen molar-refractivity contribution < 1.29 is 8.97 Å². The van der Waals surface area contributed by atoms with Crippen molar-refractivity contribution in [1.29, 1.82) is 0 Å². The van der Waals surface area contributed by atoms with Crippen LogP contribution in [0.15, 0.2) is 0 Å². The smallest absolute Gasteiger partial charge is 0.166 e.